The third-order valence-electron chi connectivity index (χ3n) is 3.52. The molecule has 1 amide bonds. The summed E-state index contributed by atoms with van der Waals surface area (Å²) in [7, 11) is -3.76. The Bertz CT molecular complexity index is 825. The van der Waals surface area contributed by atoms with Crippen LogP contribution < -0.4 is 9.62 Å². The van der Waals surface area contributed by atoms with Crippen LogP contribution in [-0.2, 0) is 20.6 Å². The average molecular weight is 400 g/mol. The lowest BCUT2D eigenvalue weighted by molar-refractivity contribution is -0.121. The second-order valence-electron chi connectivity index (χ2n) is 5.64. The molecule has 26 heavy (non-hydrogen) atoms. The van der Waals surface area contributed by atoms with E-state index in [1.54, 1.807) is 18.0 Å². The van der Waals surface area contributed by atoms with Crippen LogP contribution in [0.2, 0.25) is 0 Å². The third kappa shape index (κ3) is 5.77. The fraction of sp³-hybridized carbons (Fsp3) is 0.353. The smallest absolute Gasteiger partial charge is 0.243 e. The number of hydrogen-bond donors (Lipinski definition) is 1. The zero-order chi connectivity index (χ0) is 19.2. The summed E-state index contributed by atoms with van der Waals surface area (Å²) in [6.07, 6.45) is 2.59. The molecular formula is C17H21FN2O4S2. The topological polar surface area (TPSA) is 79.6 Å². The van der Waals surface area contributed by atoms with Crippen LogP contribution in [0.4, 0.5) is 10.1 Å². The van der Waals surface area contributed by atoms with E-state index in [1.165, 1.54) is 25.1 Å². The Morgan fingerprint density at radius 1 is 1.35 bits per heavy atom. The number of carbonyl (C=O) groups is 1. The number of hydrogen-bond acceptors (Lipinski definition) is 5. The monoisotopic (exact) mass is 400 g/mol. The van der Waals surface area contributed by atoms with Crippen LogP contribution >= 0.6 is 11.8 Å². The van der Waals surface area contributed by atoms with E-state index < -0.39 is 27.8 Å². The molecule has 0 fully saturated rings. The van der Waals surface area contributed by atoms with E-state index in [1.807, 2.05) is 12.1 Å². The number of thioether (sulfide) groups is 1. The van der Waals surface area contributed by atoms with Gasteiger partial charge in [0.15, 0.2) is 0 Å². The Morgan fingerprint density at radius 3 is 2.73 bits per heavy atom. The maximum atomic E-state index is 13.5. The van der Waals surface area contributed by atoms with Crippen molar-refractivity contribution in [3.05, 3.63) is 54.2 Å². The average Bonchev–Trinajstić information content (AvgIpc) is 3.06. The summed E-state index contributed by atoms with van der Waals surface area (Å²) < 4.78 is 43.8. The molecule has 1 aromatic carbocycles. The van der Waals surface area contributed by atoms with Crippen molar-refractivity contribution in [2.75, 3.05) is 22.9 Å². The summed E-state index contributed by atoms with van der Waals surface area (Å²) in [4.78, 5) is 12.3. The summed E-state index contributed by atoms with van der Waals surface area (Å²) in [6.45, 7) is 1.85. The van der Waals surface area contributed by atoms with E-state index in [2.05, 4.69) is 5.32 Å². The fourth-order valence-corrected chi connectivity index (χ4v) is 4.31. The van der Waals surface area contributed by atoms with Crippen molar-refractivity contribution >= 4 is 33.4 Å². The number of furan rings is 1. The van der Waals surface area contributed by atoms with Crippen molar-refractivity contribution in [2.45, 2.75) is 18.7 Å². The van der Waals surface area contributed by atoms with Gasteiger partial charge in [0.1, 0.15) is 17.6 Å². The molecule has 0 aliphatic rings. The van der Waals surface area contributed by atoms with Gasteiger partial charge in [-0.15, -0.1) is 0 Å². The van der Waals surface area contributed by atoms with Gasteiger partial charge in [-0.2, -0.15) is 11.8 Å². The molecule has 9 heteroatoms. The maximum absolute atomic E-state index is 13.5. The fourth-order valence-electron chi connectivity index (χ4n) is 2.38. The van der Waals surface area contributed by atoms with Crippen molar-refractivity contribution in [3.8, 4) is 0 Å². The van der Waals surface area contributed by atoms with Gasteiger partial charge in [0.05, 0.1) is 24.0 Å². The minimum absolute atomic E-state index is 0.113. The van der Waals surface area contributed by atoms with Crippen LogP contribution in [-0.4, -0.2) is 38.9 Å². The molecule has 0 spiro atoms. The molecular weight excluding hydrogens is 379 g/mol. The molecule has 0 unspecified atom stereocenters. The Labute approximate surface area is 156 Å². The van der Waals surface area contributed by atoms with E-state index >= 15 is 0 Å². The standard InChI is InChI=1S/C17H21FN2O4S2/c1-13(17(21)19-8-10-25-12-16-7-4-9-24-16)20(26(2,22)23)15-6-3-5-14(18)11-15/h3-7,9,11,13H,8,10,12H2,1-2H3,(H,19,21)/t13-/m1/s1. The Hall–Kier alpha value is -2.00. The number of benzene rings is 1. The summed E-state index contributed by atoms with van der Waals surface area (Å²) >= 11 is 1.59. The van der Waals surface area contributed by atoms with Crippen molar-refractivity contribution < 1.29 is 22.0 Å². The van der Waals surface area contributed by atoms with Gasteiger partial charge in [-0.25, -0.2) is 12.8 Å². The van der Waals surface area contributed by atoms with Crippen molar-refractivity contribution in [1.82, 2.24) is 5.32 Å². The van der Waals surface area contributed by atoms with Gasteiger partial charge in [-0.1, -0.05) is 6.07 Å². The Morgan fingerprint density at radius 2 is 2.12 bits per heavy atom. The summed E-state index contributed by atoms with van der Waals surface area (Å²) in [6, 6.07) is 7.84. The highest BCUT2D eigenvalue weighted by molar-refractivity contribution is 7.98. The highest BCUT2D eigenvalue weighted by atomic mass is 32.2. The quantitative estimate of drug-likeness (QED) is 0.655. The zero-order valence-electron chi connectivity index (χ0n) is 14.5. The summed E-state index contributed by atoms with van der Waals surface area (Å²) in [5, 5.41) is 2.71. The molecule has 0 aliphatic carbocycles. The summed E-state index contributed by atoms with van der Waals surface area (Å²) in [5.41, 5.74) is 0.113. The lowest BCUT2D eigenvalue weighted by Crippen LogP contribution is -2.48. The Balaban J connectivity index is 1.92. The lowest BCUT2D eigenvalue weighted by Gasteiger charge is -2.28. The lowest BCUT2D eigenvalue weighted by atomic mass is 10.2. The molecule has 1 heterocycles. The zero-order valence-corrected chi connectivity index (χ0v) is 16.1. The second kappa shape index (κ2) is 9.09. The number of anilines is 1. The van der Waals surface area contributed by atoms with Crippen molar-refractivity contribution in [3.63, 3.8) is 0 Å². The van der Waals surface area contributed by atoms with Crippen molar-refractivity contribution in [1.29, 1.82) is 0 Å². The molecule has 0 radical (unpaired) electrons. The summed E-state index contributed by atoms with van der Waals surface area (Å²) in [5.74, 6) is 1.18. The number of nitrogens with one attached hydrogen (secondary N) is 1. The number of halogens is 1. The molecule has 0 aliphatic heterocycles. The highest BCUT2D eigenvalue weighted by Crippen LogP contribution is 2.21. The van der Waals surface area contributed by atoms with Gasteiger partial charge >= 0.3 is 0 Å². The molecule has 142 valence electrons. The Kier molecular flexibility index (Phi) is 7.10. The van der Waals surface area contributed by atoms with E-state index in [9.17, 15) is 17.6 Å². The van der Waals surface area contributed by atoms with Gasteiger partial charge < -0.3 is 9.73 Å². The first-order chi connectivity index (χ1) is 12.3. The first kappa shape index (κ1) is 20.3. The molecule has 0 saturated carbocycles. The van der Waals surface area contributed by atoms with Crippen LogP contribution in [0.25, 0.3) is 0 Å². The van der Waals surface area contributed by atoms with Crippen LogP contribution in [0.3, 0.4) is 0 Å². The van der Waals surface area contributed by atoms with Gasteiger partial charge in [-0.05, 0) is 37.3 Å². The minimum Gasteiger partial charge on any atom is -0.468 e. The highest BCUT2D eigenvalue weighted by Gasteiger charge is 2.29. The molecule has 0 bridgehead atoms. The predicted octanol–water partition coefficient (Wildman–Crippen LogP) is 2.62. The number of rotatable bonds is 9. The molecule has 2 rings (SSSR count). The van der Waals surface area contributed by atoms with Crippen molar-refractivity contribution in [2.24, 2.45) is 0 Å². The number of amides is 1. The van der Waals surface area contributed by atoms with Crippen LogP contribution in [0.1, 0.15) is 12.7 Å². The maximum Gasteiger partial charge on any atom is 0.243 e. The third-order valence-corrected chi connectivity index (χ3v) is 5.74. The largest absolute Gasteiger partial charge is 0.468 e. The van der Waals surface area contributed by atoms with Gasteiger partial charge in [0.25, 0.3) is 0 Å². The van der Waals surface area contributed by atoms with E-state index in [-0.39, 0.29) is 5.69 Å². The van der Waals surface area contributed by atoms with Crippen LogP contribution in [0, 0.1) is 5.82 Å². The normalized spacial score (nSPS) is 12.6. The van der Waals surface area contributed by atoms with Crippen LogP contribution in [0.15, 0.2) is 47.1 Å². The molecule has 1 atom stereocenters. The second-order valence-corrected chi connectivity index (χ2v) is 8.60. The van der Waals surface area contributed by atoms with Gasteiger partial charge in [0.2, 0.25) is 15.9 Å². The van der Waals surface area contributed by atoms with E-state index in [0.29, 0.717) is 18.1 Å². The predicted molar refractivity (Wildman–Crippen MR) is 101 cm³/mol. The number of nitrogens with zero attached hydrogens (tertiary/aromatic N) is 1. The van der Waals surface area contributed by atoms with Gasteiger partial charge in [-0.3, -0.25) is 9.10 Å². The molecule has 2 aromatic rings. The molecule has 1 aromatic heterocycles. The number of carbonyl (C=O) groups excluding carboxylic acids is 1. The molecule has 1 N–H and O–H groups in total. The first-order valence-electron chi connectivity index (χ1n) is 7.92. The first-order valence-corrected chi connectivity index (χ1v) is 10.9. The molecule has 0 saturated heterocycles. The minimum atomic E-state index is -3.76. The van der Waals surface area contributed by atoms with Gasteiger partial charge in [0, 0.05) is 12.3 Å². The SMILES string of the molecule is C[C@H](C(=O)NCCSCc1ccco1)N(c1cccc(F)c1)S(C)(=O)=O. The van der Waals surface area contributed by atoms with E-state index in [4.69, 9.17) is 4.42 Å². The number of sulfonamides is 1. The van der Waals surface area contributed by atoms with Crippen LogP contribution in [0.5, 0.6) is 0 Å². The molecule has 6 nitrogen and oxygen atoms in total. The van der Waals surface area contributed by atoms with E-state index in [0.717, 1.165) is 22.4 Å².